The van der Waals surface area contributed by atoms with Crippen molar-refractivity contribution in [2.75, 3.05) is 0 Å². The lowest BCUT2D eigenvalue weighted by Gasteiger charge is -2.26. The molecule has 0 atom stereocenters. The minimum atomic E-state index is -0.107. The van der Waals surface area contributed by atoms with Crippen molar-refractivity contribution in [1.82, 2.24) is 0 Å². The van der Waals surface area contributed by atoms with Gasteiger partial charge in [-0.2, -0.15) is 0 Å². The molecule has 10 aromatic rings. The van der Waals surface area contributed by atoms with Gasteiger partial charge in [0.2, 0.25) is 0 Å². The fourth-order valence-electron chi connectivity index (χ4n) is 9.64. The van der Waals surface area contributed by atoms with Crippen LogP contribution >= 0.6 is 0 Å². The molecular formula is C53H36. The molecule has 0 aromatic heterocycles. The van der Waals surface area contributed by atoms with Crippen LogP contribution in [-0.2, 0) is 5.41 Å². The van der Waals surface area contributed by atoms with Crippen LogP contribution in [0, 0.1) is 0 Å². The van der Waals surface area contributed by atoms with E-state index in [0.29, 0.717) is 0 Å². The zero-order chi connectivity index (χ0) is 35.3. The van der Waals surface area contributed by atoms with E-state index in [1.54, 1.807) is 0 Å². The highest BCUT2D eigenvalue weighted by Gasteiger charge is 2.38. The standard InChI is InChI=1S/C53H36/c1-53(2)48-25-12-11-19-41(48)47-32-36-15-4-6-18-40(36)50(52(47)53)38-29-27-34-30-37(28-26-35(34)31-38)49-43-20-7-9-22-45(43)51(46-23-10-8-21-44(46)49)42-24-13-16-33-14-3-5-17-39(33)42/h3-32H,1-2H3. The Morgan fingerprint density at radius 1 is 0.302 bits per heavy atom. The quantitative estimate of drug-likeness (QED) is 0.164. The minimum Gasteiger partial charge on any atom is -0.0619 e. The third-order valence-electron chi connectivity index (χ3n) is 12.0. The van der Waals surface area contributed by atoms with E-state index in [1.165, 1.54) is 109 Å². The van der Waals surface area contributed by atoms with Gasteiger partial charge in [0.25, 0.3) is 0 Å². The molecule has 0 spiro atoms. The van der Waals surface area contributed by atoms with E-state index >= 15 is 0 Å². The first-order chi connectivity index (χ1) is 26.1. The van der Waals surface area contributed by atoms with Gasteiger partial charge in [0.15, 0.2) is 0 Å². The Hall–Kier alpha value is -6.50. The van der Waals surface area contributed by atoms with Gasteiger partial charge in [0, 0.05) is 5.41 Å². The number of benzene rings is 10. The monoisotopic (exact) mass is 672 g/mol. The zero-order valence-electron chi connectivity index (χ0n) is 29.8. The first kappa shape index (κ1) is 30.2. The summed E-state index contributed by atoms with van der Waals surface area (Å²) >= 11 is 0. The molecule has 0 saturated heterocycles. The molecule has 0 radical (unpaired) electrons. The smallest absolute Gasteiger partial charge is 0.0165 e. The van der Waals surface area contributed by atoms with Gasteiger partial charge in [-0.3, -0.25) is 0 Å². The van der Waals surface area contributed by atoms with Crippen LogP contribution in [0.5, 0.6) is 0 Å². The highest BCUT2D eigenvalue weighted by atomic mass is 14.4. The van der Waals surface area contributed by atoms with Crippen molar-refractivity contribution in [2.45, 2.75) is 19.3 Å². The van der Waals surface area contributed by atoms with E-state index in [-0.39, 0.29) is 5.41 Å². The first-order valence-corrected chi connectivity index (χ1v) is 18.7. The third kappa shape index (κ3) is 4.36. The van der Waals surface area contributed by atoms with Gasteiger partial charge in [-0.25, -0.2) is 0 Å². The third-order valence-corrected chi connectivity index (χ3v) is 12.0. The van der Waals surface area contributed by atoms with E-state index < -0.39 is 0 Å². The molecule has 0 fully saturated rings. The summed E-state index contributed by atoms with van der Waals surface area (Å²) in [4.78, 5) is 0. The van der Waals surface area contributed by atoms with Gasteiger partial charge in [-0.1, -0.05) is 178 Å². The van der Waals surface area contributed by atoms with Gasteiger partial charge in [-0.15, -0.1) is 0 Å². The Morgan fingerprint density at radius 2 is 0.792 bits per heavy atom. The van der Waals surface area contributed by atoms with Gasteiger partial charge in [0.1, 0.15) is 0 Å². The van der Waals surface area contributed by atoms with Crippen molar-refractivity contribution in [3.8, 4) is 44.5 Å². The Balaban J connectivity index is 1.12. The molecule has 1 aliphatic carbocycles. The predicted molar refractivity (Wildman–Crippen MR) is 228 cm³/mol. The maximum atomic E-state index is 2.42. The van der Waals surface area contributed by atoms with Gasteiger partial charge in [0.05, 0.1) is 0 Å². The van der Waals surface area contributed by atoms with Crippen molar-refractivity contribution in [2.24, 2.45) is 0 Å². The highest BCUT2D eigenvalue weighted by Crippen LogP contribution is 2.54. The lowest BCUT2D eigenvalue weighted by molar-refractivity contribution is 0.663. The van der Waals surface area contributed by atoms with Crippen LogP contribution < -0.4 is 0 Å². The molecule has 0 N–H and O–H groups in total. The van der Waals surface area contributed by atoms with Crippen LogP contribution in [0.2, 0.25) is 0 Å². The van der Waals surface area contributed by atoms with E-state index in [1.807, 2.05) is 0 Å². The van der Waals surface area contributed by atoms with Gasteiger partial charge >= 0.3 is 0 Å². The summed E-state index contributed by atoms with van der Waals surface area (Å²) < 4.78 is 0. The van der Waals surface area contributed by atoms with Gasteiger partial charge < -0.3 is 0 Å². The van der Waals surface area contributed by atoms with Crippen molar-refractivity contribution in [3.63, 3.8) is 0 Å². The summed E-state index contributed by atoms with van der Waals surface area (Å²) in [5, 5.41) is 12.8. The van der Waals surface area contributed by atoms with Crippen molar-refractivity contribution < 1.29 is 0 Å². The summed E-state index contributed by atoms with van der Waals surface area (Å²) in [6.45, 7) is 4.78. The zero-order valence-corrected chi connectivity index (χ0v) is 29.8. The van der Waals surface area contributed by atoms with E-state index in [0.717, 1.165) is 0 Å². The second kappa shape index (κ2) is 11.2. The van der Waals surface area contributed by atoms with Crippen LogP contribution in [0.15, 0.2) is 182 Å². The largest absolute Gasteiger partial charge is 0.0619 e. The Labute approximate surface area is 309 Å². The molecule has 0 bridgehead atoms. The maximum absolute atomic E-state index is 2.42. The van der Waals surface area contributed by atoms with Crippen molar-refractivity contribution >= 4 is 53.9 Å². The molecule has 0 unspecified atom stereocenters. The average Bonchev–Trinajstić information content (AvgIpc) is 3.44. The molecule has 11 rings (SSSR count). The molecule has 1 aliphatic rings. The van der Waals surface area contributed by atoms with Crippen LogP contribution in [0.4, 0.5) is 0 Å². The Bertz CT molecular complexity index is 3080. The Morgan fingerprint density at radius 3 is 1.47 bits per heavy atom. The fourth-order valence-corrected chi connectivity index (χ4v) is 9.64. The minimum absolute atomic E-state index is 0.107. The second-order valence-electron chi connectivity index (χ2n) is 15.2. The Kier molecular flexibility index (Phi) is 6.40. The second-order valence-corrected chi connectivity index (χ2v) is 15.2. The SMILES string of the molecule is CC1(C)c2ccccc2-c2cc3ccccc3c(-c3ccc4cc(-c5c6ccccc6c(-c6cccc7ccccc67)c6ccccc56)ccc4c3)c21. The predicted octanol–water partition coefficient (Wildman–Crippen LogP) is 14.8. The van der Waals surface area contributed by atoms with E-state index in [4.69, 9.17) is 0 Å². The van der Waals surface area contributed by atoms with E-state index in [2.05, 4.69) is 196 Å². The number of hydrogen-bond donors (Lipinski definition) is 0. The molecule has 248 valence electrons. The van der Waals surface area contributed by atoms with Crippen LogP contribution in [-0.4, -0.2) is 0 Å². The fraction of sp³-hybridized carbons (Fsp3) is 0.0566. The number of hydrogen-bond acceptors (Lipinski definition) is 0. The molecule has 0 heterocycles. The number of rotatable bonds is 3. The van der Waals surface area contributed by atoms with Gasteiger partial charge in [-0.05, 0) is 128 Å². The summed E-state index contributed by atoms with van der Waals surface area (Å²) in [6.07, 6.45) is 0. The average molecular weight is 673 g/mol. The van der Waals surface area contributed by atoms with E-state index in [9.17, 15) is 0 Å². The molecule has 0 saturated carbocycles. The molecule has 0 heteroatoms. The normalized spacial score (nSPS) is 13.2. The molecule has 0 nitrogen and oxygen atoms in total. The molecule has 10 aromatic carbocycles. The first-order valence-electron chi connectivity index (χ1n) is 18.7. The number of fused-ring (bicyclic) bond motifs is 8. The van der Waals surface area contributed by atoms with Crippen LogP contribution in [0.3, 0.4) is 0 Å². The summed E-state index contributed by atoms with van der Waals surface area (Å²) in [6, 6.07) is 67.9. The van der Waals surface area contributed by atoms with Crippen molar-refractivity contribution in [3.05, 3.63) is 193 Å². The summed E-state index contributed by atoms with van der Waals surface area (Å²) in [5.41, 5.74) is 13.2. The molecule has 53 heavy (non-hydrogen) atoms. The topological polar surface area (TPSA) is 0 Å². The summed E-state index contributed by atoms with van der Waals surface area (Å²) in [7, 11) is 0. The summed E-state index contributed by atoms with van der Waals surface area (Å²) in [5.74, 6) is 0. The molecular weight excluding hydrogens is 637 g/mol. The molecule has 0 aliphatic heterocycles. The van der Waals surface area contributed by atoms with Crippen molar-refractivity contribution in [1.29, 1.82) is 0 Å². The van der Waals surface area contributed by atoms with Crippen LogP contribution in [0.1, 0.15) is 25.0 Å². The molecule has 0 amide bonds. The maximum Gasteiger partial charge on any atom is 0.0165 e. The highest BCUT2D eigenvalue weighted by molar-refractivity contribution is 6.24. The van der Waals surface area contributed by atoms with Crippen LogP contribution in [0.25, 0.3) is 98.4 Å². The lowest BCUT2D eigenvalue weighted by Crippen LogP contribution is -2.16. The lowest BCUT2D eigenvalue weighted by atomic mass is 9.77.